The average Bonchev–Trinajstić information content (AvgIpc) is 2.16. The molecule has 5 heteroatoms. The van der Waals surface area contributed by atoms with Gasteiger partial charge in [0, 0.05) is 18.2 Å². The van der Waals surface area contributed by atoms with Crippen LogP contribution in [0, 0.1) is 22.9 Å². The van der Waals surface area contributed by atoms with Crippen LogP contribution in [0.15, 0.2) is 12.1 Å². The van der Waals surface area contributed by atoms with Crippen molar-refractivity contribution in [2.45, 2.75) is 19.8 Å². The maximum atomic E-state index is 13.3. The minimum Gasteiger partial charge on any atom is -0.396 e. The summed E-state index contributed by atoms with van der Waals surface area (Å²) in [6, 6.07) is 2.39. The lowest BCUT2D eigenvalue weighted by atomic mass is 10.1. The number of nitro benzene ring substituents is 1. The number of aliphatic hydroxyl groups is 1. The van der Waals surface area contributed by atoms with Crippen LogP contribution in [0.2, 0.25) is 0 Å². The SMILES string of the molecule is Cc1cc(F)c(CCCO)cc1[N+](=O)[O-]. The zero-order chi connectivity index (χ0) is 11.4. The van der Waals surface area contributed by atoms with Crippen LogP contribution in [0.25, 0.3) is 0 Å². The number of nitrogens with zero attached hydrogens (tertiary/aromatic N) is 1. The Morgan fingerprint density at radius 2 is 2.20 bits per heavy atom. The van der Waals surface area contributed by atoms with Gasteiger partial charge < -0.3 is 5.11 Å². The summed E-state index contributed by atoms with van der Waals surface area (Å²) in [6.07, 6.45) is 0.709. The third kappa shape index (κ3) is 2.73. The predicted octanol–water partition coefficient (Wildman–Crippen LogP) is 1.97. The van der Waals surface area contributed by atoms with Gasteiger partial charge in [-0.25, -0.2) is 4.39 Å². The van der Waals surface area contributed by atoms with Gasteiger partial charge in [-0.2, -0.15) is 0 Å². The van der Waals surface area contributed by atoms with E-state index in [9.17, 15) is 14.5 Å². The zero-order valence-corrected chi connectivity index (χ0v) is 8.36. The van der Waals surface area contributed by atoms with Gasteiger partial charge in [0.25, 0.3) is 5.69 Å². The van der Waals surface area contributed by atoms with Crippen molar-refractivity contribution in [1.82, 2.24) is 0 Å². The zero-order valence-electron chi connectivity index (χ0n) is 8.36. The molecular weight excluding hydrogens is 201 g/mol. The first-order chi connectivity index (χ1) is 7.06. The topological polar surface area (TPSA) is 63.4 Å². The van der Waals surface area contributed by atoms with Crippen molar-refractivity contribution in [3.8, 4) is 0 Å². The van der Waals surface area contributed by atoms with E-state index in [0.717, 1.165) is 6.07 Å². The van der Waals surface area contributed by atoms with Crippen molar-refractivity contribution < 1.29 is 14.4 Å². The second-order valence-electron chi connectivity index (χ2n) is 3.31. The average molecular weight is 213 g/mol. The van der Waals surface area contributed by atoms with Gasteiger partial charge in [-0.05, 0) is 31.4 Å². The summed E-state index contributed by atoms with van der Waals surface area (Å²) in [7, 11) is 0. The fourth-order valence-electron chi connectivity index (χ4n) is 1.36. The predicted molar refractivity (Wildman–Crippen MR) is 53.2 cm³/mol. The molecule has 0 aromatic heterocycles. The normalized spacial score (nSPS) is 10.3. The highest BCUT2D eigenvalue weighted by atomic mass is 19.1. The first kappa shape index (κ1) is 11.6. The van der Waals surface area contributed by atoms with Gasteiger partial charge in [0.1, 0.15) is 5.82 Å². The summed E-state index contributed by atoms with van der Waals surface area (Å²) in [6.45, 7) is 1.44. The molecule has 1 aromatic carbocycles. The molecule has 0 aliphatic heterocycles. The molecule has 1 aromatic rings. The molecule has 0 radical (unpaired) electrons. The largest absolute Gasteiger partial charge is 0.396 e. The van der Waals surface area contributed by atoms with E-state index >= 15 is 0 Å². The molecule has 1 rings (SSSR count). The van der Waals surface area contributed by atoms with Crippen molar-refractivity contribution in [3.05, 3.63) is 39.2 Å². The fraction of sp³-hybridized carbons (Fsp3) is 0.400. The van der Waals surface area contributed by atoms with Crippen molar-refractivity contribution in [2.24, 2.45) is 0 Å². The molecule has 0 amide bonds. The first-order valence-electron chi connectivity index (χ1n) is 4.60. The van der Waals surface area contributed by atoms with Crippen LogP contribution in [0.1, 0.15) is 17.5 Å². The minimum absolute atomic E-state index is 0.0545. The Labute approximate surface area is 86.5 Å². The lowest BCUT2D eigenvalue weighted by molar-refractivity contribution is -0.385. The van der Waals surface area contributed by atoms with Crippen molar-refractivity contribution in [3.63, 3.8) is 0 Å². The second kappa shape index (κ2) is 4.84. The van der Waals surface area contributed by atoms with Gasteiger partial charge in [-0.1, -0.05) is 0 Å². The number of rotatable bonds is 4. The van der Waals surface area contributed by atoms with E-state index < -0.39 is 10.7 Å². The lowest BCUT2D eigenvalue weighted by Gasteiger charge is -2.04. The van der Waals surface area contributed by atoms with Gasteiger partial charge >= 0.3 is 0 Å². The first-order valence-corrected chi connectivity index (χ1v) is 4.60. The number of aryl methyl sites for hydroxylation is 2. The van der Waals surface area contributed by atoms with Gasteiger partial charge in [0.15, 0.2) is 0 Å². The summed E-state index contributed by atoms with van der Waals surface area (Å²) >= 11 is 0. The molecule has 4 nitrogen and oxygen atoms in total. The molecule has 0 fully saturated rings. The molecule has 1 N–H and O–H groups in total. The Hall–Kier alpha value is -1.49. The minimum atomic E-state index is -0.531. The molecule has 82 valence electrons. The molecular formula is C10H12FNO3. The third-order valence-electron chi connectivity index (χ3n) is 2.17. The molecule has 0 aliphatic rings. The maximum absolute atomic E-state index is 13.3. The summed E-state index contributed by atoms with van der Waals surface area (Å²) < 4.78 is 13.3. The Kier molecular flexibility index (Phi) is 3.74. The highest BCUT2D eigenvalue weighted by Gasteiger charge is 2.14. The van der Waals surface area contributed by atoms with Crippen LogP contribution in [-0.4, -0.2) is 16.6 Å². The van der Waals surface area contributed by atoms with E-state index in [1.54, 1.807) is 0 Å². The lowest BCUT2D eigenvalue weighted by Crippen LogP contribution is -1.99. The van der Waals surface area contributed by atoms with Gasteiger partial charge in [0.05, 0.1) is 4.92 Å². The molecule has 0 bridgehead atoms. The van der Waals surface area contributed by atoms with E-state index in [1.165, 1.54) is 13.0 Å². The summed E-state index contributed by atoms with van der Waals surface area (Å²) in [5.74, 6) is -0.452. The highest BCUT2D eigenvalue weighted by Crippen LogP contribution is 2.22. The van der Waals surface area contributed by atoms with Crippen LogP contribution >= 0.6 is 0 Å². The van der Waals surface area contributed by atoms with E-state index in [-0.39, 0.29) is 17.9 Å². The number of nitro groups is 1. The maximum Gasteiger partial charge on any atom is 0.272 e. The van der Waals surface area contributed by atoms with E-state index in [1.807, 2.05) is 0 Å². The number of aliphatic hydroxyl groups excluding tert-OH is 1. The molecule has 0 spiro atoms. The summed E-state index contributed by atoms with van der Waals surface area (Å²) in [5, 5.41) is 19.2. The van der Waals surface area contributed by atoms with E-state index in [4.69, 9.17) is 5.11 Å². The number of halogens is 1. The van der Waals surface area contributed by atoms with Crippen molar-refractivity contribution in [1.29, 1.82) is 0 Å². The number of benzene rings is 1. The quantitative estimate of drug-likeness (QED) is 0.614. The Balaban J connectivity index is 3.06. The van der Waals surface area contributed by atoms with Gasteiger partial charge in [0.2, 0.25) is 0 Å². The molecule has 0 saturated heterocycles. The summed E-state index contributed by atoms with van der Waals surface area (Å²) in [4.78, 5) is 10.1. The number of hydrogen-bond donors (Lipinski definition) is 1. The number of hydrogen-bond acceptors (Lipinski definition) is 3. The monoisotopic (exact) mass is 213 g/mol. The molecule has 0 aliphatic carbocycles. The van der Waals surface area contributed by atoms with E-state index in [0.29, 0.717) is 18.4 Å². The van der Waals surface area contributed by atoms with Crippen LogP contribution in [0.3, 0.4) is 0 Å². The molecule has 15 heavy (non-hydrogen) atoms. The Bertz CT molecular complexity index is 379. The molecule has 0 heterocycles. The van der Waals surface area contributed by atoms with Gasteiger partial charge in [-0.15, -0.1) is 0 Å². The van der Waals surface area contributed by atoms with Crippen LogP contribution in [-0.2, 0) is 6.42 Å². The van der Waals surface area contributed by atoms with Crippen LogP contribution in [0.5, 0.6) is 0 Å². The Morgan fingerprint density at radius 1 is 1.53 bits per heavy atom. The molecule has 0 atom stereocenters. The van der Waals surface area contributed by atoms with E-state index in [2.05, 4.69) is 0 Å². The fourth-order valence-corrected chi connectivity index (χ4v) is 1.36. The standard InChI is InChI=1S/C10H12FNO3/c1-7-5-9(11)8(3-2-4-13)6-10(7)12(14)15/h5-6,13H,2-4H2,1H3. The third-order valence-corrected chi connectivity index (χ3v) is 2.17. The Morgan fingerprint density at radius 3 is 2.73 bits per heavy atom. The summed E-state index contributed by atoms with van der Waals surface area (Å²) in [5.41, 5.74) is 0.510. The second-order valence-corrected chi connectivity index (χ2v) is 3.31. The van der Waals surface area contributed by atoms with Crippen molar-refractivity contribution >= 4 is 5.69 Å². The van der Waals surface area contributed by atoms with Gasteiger partial charge in [-0.3, -0.25) is 10.1 Å². The molecule has 0 saturated carbocycles. The molecule has 0 unspecified atom stereocenters. The van der Waals surface area contributed by atoms with Crippen LogP contribution in [0.4, 0.5) is 10.1 Å². The smallest absolute Gasteiger partial charge is 0.272 e. The highest BCUT2D eigenvalue weighted by molar-refractivity contribution is 5.43. The van der Waals surface area contributed by atoms with Crippen molar-refractivity contribution in [2.75, 3.05) is 6.61 Å². The van der Waals surface area contributed by atoms with Crippen LogP contribution < -0.4 is 0 Å².